The van der Waals surface area contributed by atoms with Crippen LogP contribution in [0.5, 0.6) is 0 Å². The number of aromatic nitrogens is 1. The highest BCUT2D eigenvalue weighted by atomic mass is 19.3. The lowest BCUT2D eigenvalue weighted by Crippen LogP contribution is -2.29. The van der Waals surface area contributed by atoms with Crippen molar-refractivity contribution >= 4 is 5.78 Å². The van der Waals surface area contributed by atoms with E-state index in [1.54, 1.807) is 6.07 Å². The summed E-state index contributed by atoms with van der Waals surface area (Å²) in [6.45, 7) is 2.84. The van der Waals surface area contributed by atoms with Crippen LogP contribution in [-0.2, 0) is 17.8 Å². The molecule has 0 aromatic carbocycles. The number of hydrogen-bond acceptors (Lipinski definition) is 2. The van der Waals surface area contributed by atoms with Crippen molar-refractivity contribution in [2.24, 2.45) is 13.0 Å². The molecule has 5 heteroatoms. The molecule has 0 atom stereocenters. The molecule has 0 N–H and O–H groups in total. The maximum absolute atomic E-state index is 13.7. The number of Topliss-reactive ketones (excluding diaryl/α,β-unsaturated/α-hetero) is 1. The molecule has 1 heterocycles. The molecular formula is C11H12F2N2O. The number of carbonyl (C=O) groups is 1. The van der Waals surface area contributed by atoms with Crippen molar-refractivity contribution in [1.82, 2.24) is 4.57 Å². The van der Waals surface area contributed by atoms with Gasteiger partial charge in [-0.05, 0) is 6.07 Å². The number of ketones is 1. The van der Waals surface area contributed by atoms with Crippen LogP contribution >= 0.6 is 0 Å². The van der Waals surface area contributed by atoms with Crippen LogP contribution in [0.1, 0.15) is 25.1 Å². The Bertz CT molecular complexity index is 455. The lowest BCUT2D eigenvalue weighted by atomic mass is 9.99. The second kappa shape index (κ2) is 4.05. The Kier molecular flexibility index (Phi) is 3.13. The van der Waals surface area contributed by atoms with E-state index in [0.29, 0.717) is 0 Å². The highest BCUT2D eigenvalue weighted by molar-refractivity contribution is 5.88. The molecule has 0 aliphatic carbocycles. The van der Waals surface area contributed by atoms with Crippen LogP contribution in [0.2, 0.25) is 0 Å². The normalized spacial score (nSPS) is 11.6. The molecule has 0 unspecified atom stereocenters. The van der Waals surface area contributed by atoms with E-state index < -0.39 is 23.2 Å². The van der Waals surface area contributed by atoms with Gasteiger partial charge in [0.15, 0.2) is 0 Å². The third-order valence-corrected chi connectivity index (χ3v) is 2.32. The van der Waals surface area contributed by atoms with Gasteiger partial charge in [-0.1, -0.05) is 13.8 Å². The zero-order valence-electron chi connectivity index (χ0n) is 9.29. The van der Waals surface area contributed by atoms with Crippen molar-refractivity contribution < 1.29 is 13.6 Å². The van der Waals surface area contributed by atoms with E-state index in [4.69, 9.17) is 5.26 Å². The molecule has 0 spiro atoms. The smallest absolute Gasteiger partial charge is 0.332 e. The Morgan fingerprint density at radius 3 is 2.50 bits per heavy atom. The molecule has 0 aliphatic rings. The lowest BCUT2D eigenvalue weighted by molar-refractivity contribution is -0.147. The van der Waals surface area contributed by atoms with Gasteiger partial charge in [-0.3, -0.25) is 4.79 Å². The standard InChI is InChI=1S/C11H12F2N2O/c1-7(2)10(16)11(12,13)8-4-9(5-14)15(3)6-8/h4,6-7H,1-3H3. The Morgan fingerprint density at radius 1 is 1.56 bits per heavy atom. The minimum atomic E-state index is -3.53. The van der Waals surface area contributed by atoms with Crippen molar-refractivity contribution in [2.75, 3.05) is 0 Å². The van der Waals surface area contributed by atoms with Crippen molar-refractivity contribution in [2.45, 2.75) is 19.8 Å². The lowest BCUT2D eigenvalue weighted by Gasteiger charge is -2.15. The van der Waals surface area contributed by atoms with Crippen LogP contribution in [0, 0.1) is 17.2 Å². The maximum Gasteiger partial charge on any atom is 0.332 e. The first-order chi connectivity index (χ1) is 7.30. The fraction of sp³-hybridized carbons (Fsp3) is 0.455. The minimum Gasteiger partial charge on any atom is -0.342 e. The monoisotopic (exact) mass is 226 g/mol. The summed E-state index contributed by atoms with van der Waals surface area (Å²) >= 11 is 0. The number of rotatable bonds is 3. The molecule has 0 saturated heterocycles. The van der Waals surface area contributed by atoms with Gasteiger partial charge in [-0.15, -0.1) is 0 Å². The van der Waals surface area contributed by atoms with E-state index in [9.17, 15) is 13.6 Å². The van der Waals surface area contributed by atoms with Gasteiger partial charge in [0, 0.05) is 24.7 Å². The average Bonchev–Trinajstić information content (AvgIpc) is 2.58. The molecule has 0 saturated carbocycles. The molecule has 1 rings (SSSR count). The highest BCUT2D eigenvalue weighted by Gasteiger charge is 2.42. The third kappa shape index (κ3) is 1.96. The Labute approximate surface area is 92.3 Å². The predicted octanol–water partition coefficient (Wildman–Crippen LogP) is 2.21. The van der Waals surface area contributed by atoms with Crippen LogP contribution in [-0.4, -0.2) is 10.4 Å². The first-order valence-electron chi connectivity index (χ1n) is 4.79. The number of aryl methyl sites for hydroxylation is 1. The van der Waals surface area contributed by atoms with Gasteiger partial charge in [-0.25, -0.2) is 0 Å². The Morgan fingerprint density at radius 2 is 2.12 bits per heavy atom. The van der Waals surface area contributed by atoms with E-state index in [-0.39, 0.29) is 5.69 Å². The first-order valence-corrected chi connectivity index (χ1v) is 4.79. The maximum atomic E-state index is 13.7. The topological polar surface area (TPSA) is 45.8 Å². The molecule has 0 fully saturated rings. The number of carbonyl (C=O) groups excluding carboxylic acids is 1. The zero-order valence-corrected chi connectivity index (χ0v) is 9.29. The summed E-state index contributed by atoms with van der Waals surface area (Å²) in [7, 11) is 1.48. The van der Waals surface area contributed by atoms with Crippen LogP contribution in [0.3, 0.4) is 0 Å². The number of alkyl halides is 2. The van der Waals surface area contributed by atoms with Gasteiger partial charge >= 0.3 is 5.92 Å². The van der Waals surface area contributed by atoms with E-state index >= 15 is 0 Å². The molecule has 0 radical (unpaired) electrons. The van der Waals surface area contributed by atoms with E-state index in [1.165, 1.54) is 25.5 Å². The molecule has 1 aromatic rings. The van der Waals surface area contributed by atoms with Gasteiger partial charge in [-0.2, -0.15) is 14.0 Å². The first kappa shape index (κ1) is 12.4. The molecular weight excluding hydrogens is 214 g/mol. The van der Waals surface area contributed by atoms with Crippen LogP contribution in [0.25, 0.3) is 0 Å². The van der Waals surface area contributed by atoms with Crippen LogP contribution < -0.4 is 0 Å². The van der Waals surface area contributed by atoms with E-state index in [1.807, 2.05) is 0 Å². The summed E-state index contributed by atoms with van der Waals surface area (Å²) in [5.41, 5.74) is -0.323. The van der Waals surface area contributed by atoms with Crippen LogP contribution in [0.4, 0.5) is 8.78 Å². The molecule has 0 bridgehead atoms. The van der Waals surface area contributed by atoms with Crippen molar-refractivity contribution in [3.63, 3.8) is 0 Å². The average molecular weight is 226 g/mol. The minimum absolute atomic E-state index is 0.103. The molecule has 0 amide bonds. The third-order valence-electron chi connectivity index (χ3n) is 2.32. The summed E-state index contributed by atoms with van der Waals surface area (Å²) in [6.07, 6.45) is 1.11. The number of hydrogen-bond donors (Lipinski definition) is 0. The number of nitrogens with zero attached hydrogens (tertiary/aromatic N) is 2. The Balaban J connectivity index is 3.18. The van der Waals surface area contributed by atoms with Crippen molar-refractivity contribution in [3.05, 3.63) is 23.5 Å². The predicted molar refractivity (Wildman–Crippen MR) is 53.9 cm³/mol. The fourth-order valence-corrected chi connectivity index (χ4v) is 1.35. The summed E-state index contributed by atoms with van der Waals surface area (Å²) in [5, 5.41) is 8.64. The number of halogens is 2. The highest BCUT2D eigenvalue weighted by Crippen LogP contribution is 2.32. The largest absolute Gasteiger partial charge is 0.342 e. The van der Waals surface area contributed by atoms with E-state index in [2.05, 4.69) is 0 Å². The van der Waals surface area contributed by atoms with Gasteiger partial charge in [0.25, 0.3) is 0 Å². The Hall–Kier alpha value is -1.70. The molecule has 86 valence electrons. The zero-order chi connectivity index (χ0) is 12.5. The molecule has 1 aromatic heterocycles. The molecule has 16 heavy (non-hydrogen) atoms. The van der Waals surface area contributed by atoms with Gasteiger partial charge in [0.2, 0.25) is 5.78 Å². The molecule has 0 aliphatic heterocycles. The fourth-order valence-electron chi connectivity index (χ4n) is 1.35. The summed E-state index contributed by atoms with van der Waals surface area (Å²) in [4.78, 5) is 11.3. The SMILES string of the molecule is CC(C)C(=O)C(F)(F)c1cc(C#N)n(C)c1. The van der Waals surface area contributed by atoms with Gasteiger partial charge < -0.3 is 4.57 Å². The van der Waals surface area contributed by atoms with Crippen molar-refractivity contribution in [3.8, 4) is 6.07 Å². The van der Waals surface area contributed by atoms with Crippen molar-refractivity contribution in [1.29, 1.82) is 5.26 Å². The quantitative estimate of drug-likeness (QED) is 0.793. The summed E-state index contributed by atoms with van der Waals surface area (Å²) in [5.74, 6) is -5.41. The van der Waals surface area contributed by atoms with E-state index in [0.717, 1.165) is 12.3 Å². The molecule has 3 nitrogen and oxygen atoms in total. The van der Waals surface area contributed by atoms with Gasteiger partial charge in [0.1, 0.15) is 11.8 Å². The summed E-state index contributed by atoms with van der Waals surface area (Å²) in [6, 6.07) is 2.82. The second-order valence-electron chi connectivity index (χ2n) is 3.93. The van der Waals surface area contributed by atoms with Gasteiger partial charge in [0.05, 0.1) is 0 Å². The number of nitriles is 1. The summed E-state index contributed by atoms with van der Waals surface area (Å²) < 4.78 is 28.6. The second-order valence-corrected chi connectivity index (χ2v) is 3.93. The van der Waals surface area contributed by atoms with Crippen LogP contribution in [0.15, 0.2) is 12.3 Å².